The highest BCUT2D eigenvalue weighted by atomic mass is 15.3. The van der Waals surface area contributed by atoms with E-state index in [-0.39, 0.29) is 0 Å². The summed E-state index contributed by atoms with van der Waals surface area (Å²) in [5.74, 6) is 0.432. The molecule has 6 nitrogen and oxygen atoms in total. The highest BCUT2D eigenvalue weighted by molar-refractivity contribution is 6.08. The number of benzene rings is 1. The molecule has 1 aromatic carbocycles. The van der Waals surface area contributed by atoms with Gasteiger partial charge < -0.3 is 5.73 Å². The molecule has 4 rings (SSSR count). The molecule has 0 bridgehead atoms. The maximum Gasteiger partial charge on any atom is 0.152 e. The summed E-state index contributed by atoms with van der Waals surface area (Å²) in [4.78, 5) is 4.40. The Hall–Kier alpha value is -2.89. The molecule has 4 aromatic rings. The molecule has 6 heteroatoms. The van der Waals surface area contributed by atoms with E-state index >= 15 is 0 Å². The van der Waals surface area contributed by atoms with E-state index in [1.165, 1.54) is 0 Å². The van der Waals surface area contributed by atoms with Gasteiger partial charge in [0.2, 0.25) is 0 Å². The zero-order chi connectivity index (χ0) is 12.8. The lowest BCUT2D eigenvalue weighted by molar-refractivity contribution is 0.882. The number of nitrogens with two attached hydrogens (primary N) is 1. The largest absolute Gasteiger partial charge is 0.382 e. The highest BCUT2D eigenvalue weighted by Gasteiger charge is 2.09. The predicted octanol–water partition coefficient (Wildman–Crippen LogP) is 1.88. The van der Waals surface area contributed by atoms with Crippen LogP contribution in [0.15, 0.2) is 42.9 Å². The number of aromatic amines is 1. The molecule has 0 aliphatic carbocycles. The van der Waals surface area contributed by atoms with E-state index in [0.29, 0.717) is 11.3 Å². The van der Waals surface area contributed by atoms with Crippen molar-refractivity contribution in [2.24, 2.45) is 0 Å². The Morgan fingerprint density at radius 2 is 2.16 bits per heavy atom. The van der Waals surface area contributed by atoms with Gasteiger partial charge >= 0.3 is 0 Å². The van der Waals surface area contributed by atoms with Gasteiger partial charge in [-0.05, 0) is 24.3 Å². The van der Waals surface area contributed by atoms with Gasteiger partial charge in [0.1, 0.15) is 5.52 Å². The topological polar surface area (TPSA) is 85.4 Å². The highest BCUT2D eigenvalue weighted by Crippen LogP contribution is 2.27. The minimum atomic E-state index is 0.432. The number of nitrogens with one attached hydrogen (secondary N) is 1. The fraction of sp³-hybridized carbons (Fsp3) is 0. The first-order chi connectivity index (χ1) is 9.33. The van der Waals surface area contributed by atoms with Gasteiger partial charge in [-0.2, -0.15) is 10.2 Å². The fourth-order valence-electron chi connectivity index (χ4n) is 2.28. The molecule has 3 aromatic heterocycles. The molecular formula is C13H10N6. The van der Waals surface area contributed by atoms with Crippen LogP contribution in [0.4, 0.5) is 5.82 Å². The van der Waals surface area contributed by atoms with Gasteiger partial charge in [-0.1, -0.05) is 0 Å². The molecule has 3 N–H and O–H groups in total. The monoisotopic (exact) mass is 250 g/mol. The molecule has 0 atom stereocenters. The van der Waals surface area contributed by atoms with Gasteiger partial charge in [-0.3, -0.25) is 5.10 Å². The molecule has 0 radical (unpaired) electrons. The van der Waals surface area contributed by atoms with Crippen LogP contribution in [0, 0.1) is 0 Å². The van der Waals surface area contributed by atoms with Crippen molar-refractivity contribution < 1.29 is 0 Å². The third-order valence-electron chi connectivity index (χ3n) is 3.16. The molecule has 3 heterocycles. The number of anilines is 1. The first kappa shape index (κ1) is 10.1. The molecule has 0 spiro atoms. The second kappa shape index (κ2) is 3.55. The Kier molecular flexibility index (Phi) is 1.88. The van der Waals surface area contributed by atoms with Crippen molar-refractivity contribution in [3.05, 3.63) is 42.9 Å². The number of nitrogen functional groups attached to an aromatic ring is 1. The Morgan fingerprint density at radius 3 is 3.00 bits per heavy atom. The Balaban J connectivity index is 2.07. The van der Waals surface area contributed by atoms with E-state index in [1.807, 2.05) is 36.7 Å². The van der Waals surface area contributed by atoms with Crippen LogP contribution in [0.2, 0.25) is 0 Å². The number of aromatic nitrogens is 5. The number of H-pyrrole nitrogens is 1. The van der Waals surface area contributed by atoms with Crippen molar-refractivity contribution in [3.63, 3.8) is 0 Å². The van der Waals surface area contributed by atoms with Crippen LogP contribution in [0.3, 0.4) is 0 Å². The Labute approximate surface area is 107 Å². The average Bonchev–Trinajstić information content (AvgIpc) is 3.10. The smallest absolute Gasteiger partial charge is 0.152 e. The van der Waals surface area contributed by atoms with Crippen LogP contribution >= 0.6 is 0 Å². The Bertz CT molecular complexity index is 875. The first-order valence-electron chi connectivity index (χ1n) is 5.86. The quantitative estimate of drug-likeness (QED) is 0.540. The lowest BCUT2D eigenvalue weighted by Crippen LogP contribution is -1.96. The molecule has 0 aliphatic rings. The van der Waals surface area contributed by atoms with Gasteiger partial charge in [0.15, 0.2) is 5.82 Å². The number of pyridine rings is 1. The van der Waals surface area contributed by atoms with E-state index < -0.39 is 0 Å². The van der Waals surface area contributed by atoms with Crippen LogP contribution < -0.4 is 5.73 Å². The zero-order valence-corrected chi connectivity index (χ0v) is 9.91. The van der Waals surface area contributed by atoms with Crippen molar-refractivity contribution in [2.45, 2.75) is 0 Å². The maximum absolute atomic E-state index is 5.92. The maximum atomic E-state index is 5.92. The first-order valence-corrected chi connectivity index (χ1v) is 5.86. The molecule has 0 unspecified atom stereocenters. The summed E-state index contributed by atoms with van der Waals surface area (Å²) in [6, 6.07) is 7.85. The predicted molar refractivity (Wildman–Crippen MR) is 72.9 cm³/mol. The van der Waals surface area contributed by atoms with Gasteiger partial charge in [0, 0.05) is 29.4 Å². The van der Waals surface area contributed by atoms with Crippen molar-refractivity contribution in [1.82, 2.24) is 25.0 Å². The zero-order valence-electron chi connectivity index (χ0n) is 9.91. The lowest BCUT2D eigenvalue weighted by Gasteiger charge is -2.05. The molecule has 0 fully saturated rings. The summed E-state index contributed by atoms with van der Waals surface area (Å²) in [5, 5.41) is 13.1. The molecule has 92 valence electrons. The summed E-state index contributed by atoms with van der Waals surface area (Å²) in [6.07, 6.45) is 5.47. The van der Waals surface area contributed by atoms with E-state index in [2.05, 4.69) is 20.3 Å². The SMILES string of the molecule is Nc1nc2cc(-n3cccn3)ccc2c2c[nH]nc12. The van der Waals surface area contributed by atoms with Crippen molar-refractivity contribution in [1.29, 1.82) is 0 Å². The lowest BCUT2D eigenvalue weighted by atomic mass is 10.1. The second-order valence-electron chi connectivity index (χ2n) is 4.30. The minimum Gasteiger partial charge on any atom is -0.382 e. The van der Waals surface area contributed by atoms with E-state index in [0.717, 1.165) is 22.0 Å². The average molecular weight is 250 g/mol. The third kappa shape index (κ3) is 1.40. The number of hydrogen-bond acceptors (Lipinski definition) is 4. The molecule has 0 amide bonds. The number of nitrogens with zero attached hydrogens (tertiary/aromatic N) is 4. The fourth-order valence-corrected chi connectivity index (χ4v) is 2.28. The summed E-state index contributed by atoms with van der Waals surface area (Å²) < 4.78 is 1.79. The van der Waals surface area contributed by atoms with Crippen molar-refractivity contribution in [2.75, 3.05) is 5.73 Å². The van der Waals surface area contributed by atoms with Crippen LogP contribution in [0.25, 0.3) is 27.5 Å². The summed E-state index contributed by atoms with van der Waals surface area (Å²) in [5.41, 5.74) is 8.41. The molecule has 19 heavy (non-hydrogen) atoms. The van der Waals surface area contributed by atoms with Crippen molar-refractivity contribution in [3.8, 4) is 5.69 Å². The number of fused-ring (bicyclic) bond motifs is 3. The van der Waals surface area contributed by atoms with E-state index in [4.69, 9.17) is 5.73 Å². The standard InChI is InChI=1S/C13H10N6/c14-13-12-10(7-15-18-12)9-3-2-8(6-11(9)17-13)19-5-1-4-16-19/h1-7H,(H2,14,17)(H,15,18). The third-order valence-corrected chi connectivity index (χ3v) is 3.16. The van der Waals surface area contributed by atoms with Crippen LogP contribution in [0.1, 0.15) is 0 Å². The Morgan fingerprint density at radius 1 is 1.21 bits per heavy atom. The van der Waals surface area contributed by atoms with Crippen LogP contribution in [-0.2, 0) is 0 Å². The number of hydrogen-bond donors (Lipinski definition) is 2. The summed E-state index contributed by atoms with van der Waals surface area (Å²) in [6.45, 7) is 0. The van der Waals surface area contributed by atoms with Crippen LogP contribution in [0.5, 0.6) is 0 Å². The molecule has 0 saturated carbocycles. The minimum absolute atomic E-state index is 0.432. The summed E-state index contributed by atoms with van der Waals surface area (Å²) in [7, 11) is 0. The molecule has 0 aliphatic heterocycles. The van der Waals surface area contributed by atoms with Gasteiger partial charge in [-0.15, -0.1) is 0 Å². The van der Waals surface area contributed by atoms with Gasteiger partial charge in [-0.25, -0.2) is 9.67 Å². The normalized spacial score (nSPS) is 11.4. The van der Waals surface area contributed by atoms with E-state index in [9.17, 15) is 0 Å². The van der Waals surface area contributed by atoms with Crippen LogP contribution in [-0.4, -0.2) is 25.0 Å². The van der Waals surface area contributed by atoms with Gasteiger partial charge in [0.05, 0.1) is 11.2 Å². The molecular weight excluding hydrogens is 240 g/mol. The summed E-state index contributed by atoms with van der Waals surface area (Å²) >= 11 is 0. The molecule has 0 saturated heterocycles. The second-order valence-corrected chi connectivity index (χ2v) is 4.30. The number of rotatable bonds is 1. The van der Waals surface area contributed by atoms with E-state index in [1.54, 1.807) is 10.9 Å². The van der Waals surface area contributed by atoms with Gasteiger partial charge in [0.25, 0.3) is 0 Å². The van der Waals surface area contributed by atoms with Crippen molar-refractivity contribution >= 4 is 27.6 Å².